The number of nitrogens with zero attached hydrogens (tertiary/aromatic N) is 1. The van der Waals surface area contributed by atoms with Crippen LogP contribution >= 0.6 is 0 Å². The summed E-state index contributed by atoms with van der Waals surface area (Å²) < 4.78 is 0. The number of aliphatic hydroxyl groups is 1. The molecule has 0 aromatic carbocycles. The first kappa shape index (κ1) is 12.1. The molecule has 0 aliphatic heterocycles. The van der Waals surface area contributed by atoms with Crippen LogP contribution in [-0.4, -0.2) is 23.2 Å². The molecule has 84 valence electrons. The van der Waals surface area contributed by atoms with Crippen LogP contribution in [0.1, 0.15) is 32.0 Å². The van der Waals surface area contributed by atoms with Crippen LogP contribution in [-0.2, 0) is 0 Å². The lowest BCUT2D eigenvalue weighted by Gasteiger charge is -2.16. The topological polar surface area (TPSA) is 45.1 Å². The maximum Gasteiger partial charge on any atom is 0.0570 e. The van der Waals surface area contributed by atoms with Gasteiger partial charge in [0.15, 0.2) is 0 Å². The Hall–Kier alpha value is -0.930. The van der Waals surface area contributed by atoms with Gasteiger partial charge in [0.1, 0.15) is 0 Å². The Bertz CT molecular complexity index is 264. The standard InChI is InChI=1S/C12H20N2O/c1-10(6-8-15)9-14-11(2)12-5-3-4-7-13-12/h3-5,7,10-11,14-15H,6,8-9H2,1-2H3. The third kappa shape index (κ3) is 4.40. The van der Waals surface area contributed by atoms with Gasteiger partial charge in [-0.3, -0.25) is 4.98 Å². The summed E-state index contributed by atoms with van der Waals surface area (Å²) in [6.07, 6.45) is 2.66. The SMILES string of the molecule is CC(CCO)CNC(C)c1ccccn1. The molecule has 2 N–H and O–H groups in total. The predicted molar refractivity (Wildman–Crippen MR) is 61.5 cm³/mol. The molecule has 0 aliphatic rings. The minimum absolute atomic E-state index is 0.265. The van der Waals surface area contributed by atoms with Crippen molar-refractivity contribution < 1.29 is 5.11 Å². The molecule has 1 rings (SSSR count). The van der Waals surface area contributed by atoms with Gasteiger partial charge in [0.05, 0.1) is 5.69 Å². The fraction of sp³-hybridized carbons (Fsp3) is 0.583. The fourth-order valence-electron chi connectivity index (χ4n) is 1.44. The summed E-state index contributed by atoms with van der Waals surface area (Å²) >= 11 is 0. The first-order valence-corrected chi connectivity index (χ1v) is 5.49. The summed E-state index contributed by atoms with van der Waals surface area (Å²) in [5.74, 6) is 0.501. The molecule has 3 nitrogen and oxygen atoms in total. The second kappa shape index (κ2) is 6.53. The molecule has 0 aliphatic carbocycles. The number of pyridine rings is 1. The van der Waals surface area contributed by atoms with Gasteiger partial charge in [-0.05, 0) is 37.9 Å². The van der Waals surface area contributed by atoms with Crippen molar-refractivity contribution in [2.24, 2.45) is 5.92 Å². The molecule has 0 bridgehead atoms. The molecule has 2 unspecified atom stereocenters. The van der Waals surface area contributed by atoms with Crippen LogP contribution < -0.4 is 5.32 Å². The molecule has 0 saturated heterocycles. The van der Waals surface area contributed by atoms with Crippen LogP contribution in [0.4, 0.5) is 0 Å². The second-order valence-electron chi connectivity index (χ2n) is 4.00. The summed E-state index contributed by atoms with van der Waals surface area (Å²) in [6.45, 7) is 5.42. The molecule has 1 heterocycles. The number of nitrogens with one attached hydrogen (secondary N) is 1. The lowest BCUT2D eigenvalue weighted by atomic mass is 10.1. The molecule has 1 aromatic heterocycles. The van der Waals surface area contributed by atoms with Gasteiger partial charge in [0.2, 0.25) is 0 Å². The van der Waals surface area contributed by atoms with E-state index in [9.17, 15) is 0 Å². The number of rotatable bonds is 6. The Labute approximate surface area is 91.5 Å². The molecule has 1 aromatic rings. The van der Waals surface area contributed by atoms with E-state index in [2.05, 4.69) is 24.1 Å². The average molecular weight is 208 g/mol. The zero-order chi connectivity index (χ0) is 11.1. The van der Waals surface area contributed by atoms with Crippen LogP contribution in [0.15, 0.2) is 24.4 Å². The van der Waals surface area contributed by atoms with Gasteiger partial charge in [0.25, 0.3) is 0 Å². The van der Waals surface area contributed by atoms with Crippen LogP contribution in [0.5, 0.6) is 0 Å². The molecule has 2 atom stereocenters. The third-order valence-electron chi connectivity index (χ3n) is 2.53. The molecule has 3 heteroatoms. The first-order chi connectivity index (χ1) is 7.24. The summed E-state index contributed by atoms with van der Waals surface area (Å²) in [5, 5.41) is 12.2. The summed E-state index contributed by atoms with van der Waals surface area (Å²) in [7, 11) is 0. The Morgan fingerprint density at radius 2 is 2.20 bits per heavy atom. The van der Waals surface area contributed by atoms with Crippen molar-refractivity contribution in [3.8, 4) is 0 Å². The molecule has 15 heavy (non-hydrogen) atoms. The van der Waals surface area contributed by atoms with Crippen molar-refractivity contribution in [3.05, 3.63) is 30.1 Å². The highest BCUT2D eigenvalue weighted by Gasteiger charge is 2.07. The van der Waals surface area contributed by atoms with Gasteiger partial charge in [0, 0.05) is 18.8 Å². The van der Waals surface area contributed by atoms with E-state index in [4.69, 9.17) is 5.11 Å². The van der Waals surface area contributed by atoms with Crippen molar-refractivity contribution in [2.45, 2.75) is 26.3 Å². The predicted octanol–water partition coefficient (Wildman–Crippen LogP) is 1.75. The molecule has 0 amide bonds. The van der Waals surface area contributed by atoms with Crippen LogP contribution in [0.2, 0.25) is 0 Å². The minimum Gasteiger partial charge on any atom is -0.396 e. The van der Waals surface area contributed by atoms with E-state index in [1.807, 2.05) is 24.4 Å². The quantitative estimate of drug-likeness (QED) is 0.748. The summed E-state index contributed by atoms with van der Waals surface area (Å²) in [5.41, 5.74) is 1.06. The van der Waals surface area contributed by atoms with Crippen molar-refractivity contribution >= 4 is 0 Å². The lowest BCUT2D eigenvalue weighted by Crippen LogP contribution is -2.25. The van der Waals surface area contributed by atoms with Gasteiger partial charge >= 0.3 is 0 Å². The largest absolute Gasteiger partial charge is 0.396 e. The van der Waals surface area contributed by atoms with E-state index >= 15 is 0 Å². The van der Waals surface area contributed by atoms with Crippen LogP contribution in [0.3, 0.4) is 0 Å². The Morgan fingerprint density at radius 1 is 1.40 bits per heavy atom. The molecular formula is C12H20N2O. The molecule has 0 saturated carbocycles. The van der Waals surface area contributed by atoms with Crippen molar-refractivity contribution in [2.75, 3.05) is 13.2 Å². The molecule has 0 fully saturated rings. The second-order valence-corrected chi connectivity index (χ2v) is 4.00. The van der Waals surface area contributed by atoms with E-state index in [0.29, 0.717) is 5.92 Å². The van der Waals surface area contributed by atoms with Crippen LogP contribution in [0.25, 0.3) is 0 Å². The van der Waals surface area contributed by atoms with Gasteiger partial charge < -0.3 is 10.4 Å². The Morgan fingerprint density at radius 3 is 2.80 bits per heavy atom. The number of aromatic nitrogens is 1. The fourth-order valence-corrected chi connectivity index (χ4v) is 1.44. The normalized spacial score (nSPS) is 14.9. The van der Waals surface area contributed by atoms with E-state index in [1.54, 1.807) is 0 Å². The van der Waals surface area contributed by atoms with Gasteiger partial charge in [-0.15, -0.1) is 0 Å². The summed E-state index contributed by atoms with van der Waals surface area (Å²) in [4.78, 5) is 4.29. The van der Waals surface area contributed by atoms with E-state index < -0.39 is 0 Å². The Balaban J connectivity index is 2.33. The van der Waals surface area contributed by atoms with E-state index in [0.717, 1.165) is 18.7 Å². The van der Waals surface area contributed by atoms with Crippen molar-refractivity contribution in [1.29, 1.82) is 0 Å². The highest BCUT2D eigenvalue weighted by atomic mass is 16.3. The zero-order valence-corrected chi connectivity index (χ0v) is 9.48. The van der Waals surface area contributed by atoms with Gasteiger partial charge in [-0.25, -0.2) is 0 Å². The number of hydrogen-bond donors (Lipinski definition) is 2. The molecular weight excluding hydrogens is 188 g/mol. The summed E-state index contributed by atoms with van der Waals surface area (Å²) in [6, 6.07) is 6.21. The molecule has 0 radical (unpaired) electrons. The first-order valence-electron chi connectivity index (χ1n) is 5.49. The maximum atomic E-state index is 8.78. The number of hydrogen-bond acceptors (Lipinski definition) is 3. The highest BCUT2D eigenvalue weighted by Crippen LogP contribution is 2.09. The minimum atomic E-state index is 0.265. The van der Waals surface area contributed by atoms with Crippen molar-refractivity contribution in [3.63, 3.8) is 0 Å². The highest BCUT2D eigenvalue weighted by molar-refractivity contribution is 5.07. The smallest absolute Gasteiger partial charge is 0.0570 e. The van der Waals surface area contributed by atoms with Crippen LogP contribution in [0, 0.1) is 5.92 Å². The monoisotopic (exact) mass is 208 g/mol. The Kier molecular flexibility index (Phi) is 5.29. The van der Waals surface area contributed by atoms with Crippen molar-refractivity contribution in [1.82, 2.24) is 10.3 Å². The molecule has 0 spiro atoms. The maximum absolute atomic E-state index is 8.78. The number of aliphatic hydroxyl groups excluding tert-OH is 1. The van der Waals surface area contributed by atoms with E-state index in [1.165, 1.54) is 0 Å². The van der Waals surface area contributed by atoms with Gasteiger partial charge in [-0.2, -0.15) is 0 Å². The lowest BCUT2D eigenvalue weighted by molar-refractivity contribution is 0.258. The zero-order valence-electron chi connectivity index (χ0n) is 9.48. The average Bonchev–Trinajstić information content (AvgIpc) is 2.27. The van der Waals surface area contributed by atoms with Gasteiger partial charge in [-0.1, -0.05) is 13.0 Å². The third-order valence-corrected chi connectivity index (χ3v) is 2.53. The van der Waals surface area contributed by atoms with E-state index in [-0.39, 0.29) is 12.6 Å².